The quantitative estimate of drug-likeness (QED) is 0.207. The van der Waals surface area contributed by atoms with Crippen molar-refractivity contribution in [1.82, 2.24) is 0 Å². The zero-order valence-corrected chi connectivity index (χ0v) is 21.3. The molecule has 2 aromatic rings. The van der Waals surface area contributed by atoms with E-state index in [0.29, 0.717) is 13.2 Å². The van der Waals surface area contributed by atoms with Crippen LogP contribution in [0.5, 0.6) is 17.2 Å². The van der Waals surface area contributed by atoms with E-state index in [1.165, 1.54) is 3.57 Å². The zero-order valence-electron chi connectivity index (χ0n) is 19.2. The molecule has 4 atom stereocenters. The van der Waals surface area contributed by atoms with Crippen LogP contribution in [0.1, 0.15) is 41.5 Å². The summed E-state index contributed by atoms with van der Waals surface area (Å²) in [5.41, 5.74) is 0. The van der Waals surface area contributed by atoms with E-state index in [-0.39, 0.29) is 44.2 Å². The van der Waals surface area contributed by atoms with Gasteiger partial charge in [-0.1, -0.05) is 0 Å². The third-order valence-corrected chi connectivity index (χ3v) is 6.63. The summed E-state index contributed by atoms with van der Waals surface area (Å²) in [6.45, 7) is 12.9. The molecule has 2 aromatic carbocycles. The summed E-state index contributed by atoms with van der Waals surface area (Å²) >= 11 is -0.321. The second kappa shape index (κ2) is 13.9. The Hall–Kier alpha value is -1.39. The second-order valence-electron chi connectivity index (χ2n) is 6.68. The molecule has 0 saturated carbocycles. The molecule has 0 saturated heterocycles. The molecular formula is C24H34IO6-. The van der Waals surface area contributed by atoms with Crippen LogP contribution in [0.15, 0.2) is 48.5 Å². The van der Waals surface area contributed by atoms with Crippen LogP contribution < -0.4 is 30.7 Å². The molecule has 4 unspecified atom stereocenters. The molecule has 7 heteroatoms. The fraction of sp³-hybridized carbons (Fsp3) is 0.500. The minimum absolute atomic E-state index is 0.126. The van der Waals surface area contributed by atoms with Crippen molar-refractivity contribution in [3.8, 4) is 17.2 Å². The maximum absolute atomic E-state index is 5.95. The first-order valence-electron chi connectivity index (χ1n) is 10.6. The summed E-state index contributed by atoms with van der Waals surface area (Å²) in [5, 5.41) is 0. The number of alkyl halides is 1. The van der Waals surface area contributed by atoms with Gasteiger partial charge in [0.1, 0.15) is 0 Å². The molecule has 174 valence electrons. The van der Waals surface area contributed by atoms with Crippen molar-refractivity contribution in [2.75, 3.05) is 13.2 Å². The van der Waals surface area contributed by atoms with Gasteiger partial charge in [0.2, 0.25) is 0 Å². The van der Waals surface area contributed by atoms with Gasteiger partial charge < -0.3 is 0 Å². The van der Waals surface area contributed by atoms with Gasteiger partial charge in [-0.15, -0.1) is 0 Å². The van der Waals surface area contributed by atoms with Crippen molar-refractivity contribution in [2.24, 2.45) is 0 Å². The van der Waals surface area contributed by atoms with Gasteiger partial charge in [0.05, 0.1) is 0 Å². The summed E-state index contributed by atoms with van der Waals surface area (Å²) in [7, 11) is 0. The maximum atomic E-state index is 5.95. The van der Waals surface area contributed by atoms with Gasteiger partial charge in [0.15, 0.2) is 0 Å². The third-order valence-electron chi connectivity index (χ3n) is 4.02. The Bertz CT molecular complexity index is 737. The van der Waals surface area contributed by atoms with Crippen LogP contribution in [0, 0.1) is 3.57 Å². The van der Waals surface area contributed by atoms with Crippen LogP contribution in [-0.4, -0.2) is 36.2 Å². The Labute approximate surface area is 196 Å². The van der Waals surface area contributed by atoms with Crippen molar-refractivity contribution in [2.45, 2.75) is 64.5 Å². The molecule has 0 radical (unpaired) electrons. The van der Waals surface area contributed by atoms with Gasteiger partial charge in [-0.2, -0.15) is 0 Å². The number of rotatable bonds is 14. The number of halogens is 1. The average Bonchev–Trinajstić information content (AvgIpc) is 2.71. The van der Waals surface area contributed by atoms with Crippen LogP contribution in [0.2, 0.25) is 0 Å². The van der Waals surface area contributed by atoms with Crippen LogP contribution in [-0.2, 0) is 18.9 Å². The van der Waals surface area contributed by atoms with Gasteiger partial charge in [-0.25, -0.2) is 0 Å². The molecule has 0 aliphatic heterocycles. The molecule has 0 heterocycles. The normalized spacial score (nSPS) is 15.3. The van der Waals surface area contributed by atoms with E-state index in [1.807, 2.05) is 71.0 Å². The van der Waals surface area contributed by atoms with Crippen LogP contribution in [0.25, 0.3) is 0 Å². The molecule has 0 aliphatic rings. The van der Waals surface area contributed by atoms with Crippen molar-refractivity contribution in [3.63, 3.8) is 0 Å². The van der Waals surface area contributed by atoms with E-state index < -0.39 is 0 Å². The van der Waals surface area contributed by atoms with Crippen molar-refractivity contribution < 1.29 is 49.6 Å². The van der Waals surface area contributed by atoms with Crippen molar-refractivity contribution >= 4 is 0 Å². The Morgan fingerprint density at radius 1 is 0.645 bits per heavy atom. The van der Waals surface area contributed by atoms with E-state index in [9.17, 15) is 0 Å². The van der Waals surface area contributed by atoms with Crippen LogP contribution in [0.3, 0.4) is 0 Å². The van der Waals surface area contributed by atoms with Gasteiger partial charge in [0, 0.05) is 6.61 Å². The van der Waals surface area contributed by atoms with Crippen LogP contribution >= 0.6 is 0 Å². The molecule has 0 N–H and O–H groups in total. The SMILES string of the molecule is CCOC(C)Oc1ccc(Oc2ccc([I-]C(C)OC(C)OC(C)OCC)cc2)cc1. The van der Waals surface area contributed by atoms with Gasteiger partial charge in [-0.3, -0.25) is 0 Å². The number of hydrogen-bond donors (Lipinski definition) is 0. The first-order chi connectivity index (χ1) is 14.9. The summed E-state index contributed by atoms with van der Waals surface area (Å²) < 4.78 is 35.4. The molecule has 31 heavy (non-hydrogen) atoms. The van der Waals surface area contributed by atoms with Gasteiger partial charge in [0.25, 0.3) is 0 Å². The molecule has 0 amide bonds. The predicted molar refractivity (Wildman–Crippen MR) is 116 cm³/mol. The van der Waals surface area contributed by atoms with E-state index in [0.717, 1.165) is 17.2 Å². The fourth-order valence-corrected chi connectivity index (χ4v) is 5.15. The summed E-state index contributed by atoms with van der Waals surface area (Å²) in [5.74, 6) is 2.29. The Kier molecular flexibility index (Phi) is 11.6. The van der Waals surface area contributed by atoms with E-state index in [1.54, 1.807) is 0 Å². The second-order valence-corrected chi connectivity index (χ2v) is 10.3. The third kappa shape index (κ3) is 10.2. The topological polar surface area (TPSA) is 55.4 Å². The number of benzene rings is 2. The summed E-state index contributed by atoms with van der Waals surface area (Å²) in [6.07, 6.45) is -0.848. The molecule has 0 aliphatic carbocycles. The van der Waals surface area contributed by atoms with Crippen molar-refractivity contribution in [1.29, 1.82) is 0 Å². The van der Waals surface area contributed by atoms with Crippen LogP contribution in [0.4, 0.5) is 0 Å². The summed E-state index contributed by atoms with van der Waals surface area (Å²) in [6, 6.07) is 15.7. The Morgan fingerprint density at radius 3 is 1.74 bits per heavy atom. The van der Waals surface area contributed by atoms with E-state index >= 15 is 0 Å². The first kappa shape index (κ1) is 25.9. The van der Waals surface area contributed by atoms with E-state index in [2.05, 4.69) is 19.1 Å². The molecule has 0 fully saturated rings. The van der Waals surface area contributed by atoms with Gasteiger partial charge in [-0.05, 0) is 6.92 Å². The summed E-state index contributed by atoms with van der Waals surface area (Å²) in [4.78, 5) is 0. The molecule has 6 nitrogen and oxygen atoms in total. The molecule has 0 bridgehead atoms. The monoisotopic (exact) mass is 545 g/mol. The number of hydrogen-bond acceptors (Lipinski definition) is 6. The standard InChI is InChI=1S/C24H34IO6/c1-7-26-18(4)29-20(6)28-17(3)25-21-9-11-23(12-10-21)31-24-15-13-22(14-16-24)30-19(5)27-8-2/h9-20H,7-8H2,1-6H3/q-1. The predicted octanol–water partition coefficient (Wildman–Crippen LogP) is 2.61. The fourth-order valence-electron chi connectivity index (χ4n) is 2.80. The van der Waals surface area contributed by atoms with Crippen molar-refractivity contribution in [3.05, 3.63) is 52.1 Å². The molecule has 0 spiro atoms. The molecular weight excluding hydrogens is 511 g/mol. The Morgan fingerprint density at radius 2 is 1.16 bits per heavy atom. The Balaban J connectivity index is 1.81. The number of ether oxygens (including phenoxy) is 6. The molecule has 0 aromatic heterocycles. The zero-order chi connectivity index (χ0) is 22.6. The minimum atomic E-state index is -0.321. The first-order valence-corrected chi connectivity index (χ1v) is 12.9. The van der Waals surface area contributed by atoms with E-state index in [4.69, 9.17) is 28.4 Å². The molecule has 2 rings (SSSR count). The average molecular weight is 545 g/mol. The van der Waals surface area contributed by atoms with Gasteiger partial charge >= 0.3 is 183 Å².